The van der Waals surface area contributed by atoms with Crippen LogP contribution in [0.2, 0.25) is 0 Å². The van der Waals surface area contributed by atoms with Crippen LogP contribution in [0.4, 0.5) is 11.4 Å². The van der Waals surface area contributed by atoms with E-state index in [4.69, 9.17) is 0 Å². The number of para-hydroxylation sites is 1. The molecule has 0 atom stereocenters. The van der Waals surface area contributed by atoms with Crippen LogP contribution in [0.3, 0.4) is 0 Å². The van der Waals surface area contributed by atoms with Crippen molar-refractivity contribution in [3.05, 3.63) is 58.3 Å². The Balaban J connectivity index is 2.14. The molecule has 2 heterocycles. The van der Waals surface area contributed by atoms with Crippen LogP contribution in [-0.4, -0.2) is 9.97 Å². The molecule has 0 radical (unpaired) electrons. The second-order valence-electron chi connectivity index (χ2n) is 4.74. The lowest BCUT2D eigenvalue weighted by Gasteiger charge is -2.12. The number of halogens is 1. The van der Waals surface area contributed by atoms with Gasteiger partial charge in [-0.3, -0.25) is 0 Å². The predicted molar refractivity (Wildman–Crippen MR) is 86.4 cm³/mol. The van der Waals surface area contributed by atoms with Gasteiger partial charge in [-0.2, -0.15) is 0 Å². The van der Waals surface area contributed by atoms with Gasteiger partial charge in [-0.05, 0) is 60.1 Å². The third kappa shape index (κ3) is 2.51. The van der Waals surface area contributed by atoms with E-state index in [1.807, 2.05) is 50.2 Å². The van der Waals surface area contributed by atoms with Gasteiger partial charge < -0.3 is 5.32 Å². The van der Waals surface area contributed by atoms with Crippen LogP contribution in [0, 0.1) is 13.8 Å². The molecule has 0 aliphatic carbocycles. The van der Waals surface area contributed by atoms with E-state index in [2.05, 4.69) is 37.3 Å². The Morgan fingerprint density at radius 3 is 2.45 bits per heavy atom. The van der Waals surface area contributed by atoms with Crippen LogP contribution in [0.5, 0.6) is 0 Å². The molecule has 100 valence electrons. The predicted octanol–water partition coefficient (Wildman–Crippen LogP) is 4.75. The molecule has 0 saturated carbocycles. The van der Waals surface area contributed by atoms with Crippen LogP contribution < -0.4 is 5.32 Å². The Hall–Kier alpha value is -1.94. The van der Waals surface area contributed by atoms with E-state index in [9.17, 15) is 0 Å². The van der Waals surface area contributed by atoms with Crippen molar-refractivity contribution in [2.75, 3.05) is 5.32 Å². The average Bonchev–Trinajstić information content (AvgIpc) is 2.40. The number of nitrogens with one attached hydrogen (secondary N) is 1. The molecule has 1 N–H and O–H groups in total. The minimum absolute atomic E-state index is 0.777. The fourth-order valence-corrected chi connectivity index (χ4v) is 2.52. The van der Waals surface area contributed by atoms with Crippen molar-refractivity contribution in [2.45, 2.75) is 13.8 Å². The van der Waals surface area contributed by atoms with Gasteiger partial charge in [0.1, 0.15) is 0 Å². The molecule has 1 aromatic carbocycles. The zero-order chi connectivity index (χ0) is 14.1. The zero-order valence-electron chi connectivity index (χ0n) is 11.3. The first kappa shape index (κ1) is 13.1. The second kappa shape index (κ2) is 5.21. The van der Waals surface area contributed by atoms with Crippen LogP contribution in [0.1, 0.15) is 11.4 Å². The molecular formula is C16H14BrN3. The van der Waals surface area contributed by atoms with Gasteiger partial charge >= 0.3 is 0 Å². The number of rotatable bonds is 2. The lowest BCUT2D eigenvalue weighted by Crippen LogP contribution is -1.97. The summed E-state index contributed by atoms with van der Waals surface area (Å²) in [4.78, 5) is 9.00. The Morgan fingerprint density at radius 2 is 1.65 bits per heavy atom. The fourth-order valence-electron chi connectivity index (χ4n) is 2.14. The molecule has 0 amide bonds. The summed E-state index contributed by atoms with van der Waals surface area (Å²) in [5, 5.41) is 4.47. The Bertz CT molecular complexity index is 779. The standard InChI is InChI=1S/C16H14BrN3/c1-10-7-8-12-15(9-11(2)19-16(12)18-10)20-14-6-4-3-5-13(14)17/h3-9H,1-2H3,(H,18,19,20). The minimum atomic E-state index is 0.777. The third-order valence-corrected chi connectivity index (χ3v) is 3.77. The van der Waals surface area contributed by atoms with Crippen molar-refractivity contribution in [1.82, 2.24) is 9.97 Å². The first-order chi connectivity index (χ1) is 9.63. The number of aromatic nitrogens is 2. The number of nitrogens with zero attached hydrogens (tertiary/aromatic N) is 2. The molecule has 3 nitrogen and oxygen atoms in total. The van der Waals surface area contributed by atoms with Crippen molar-refractivity contribution in [3.8, 4) is 0 Å². The average molecular weight is 328 g/mol. The topological polar surface area (TPSA) is 37.8 Å². The molecule has 0 spiro atoms. The number of aryl methyl sites for hydroxylation is 2. The highest BCUT2D eigenvalue weighted by molar-refractivity contribution is 9.10. The smallest absolute Gasteiger partial charge is 0.161 e. The van der Waals surface area contributed by atoms with Gasteiger partial charge in [0.15, 0.2) is 5.65 Å². The highest BCUT2D eigenvalue weighted by Gasteiger charge is 2.07. The normalized spacial score (nSPS) is 10.8. The highest BCUT2D eigenvalue weighted by Crippen LogP contribution is 2.29. The van der Waals surface area contributed by atoms with Gasteiger partial charge in [0.05, 0.1) is 11.4 Å². The number of pyridine rings is 2. The van der Waals surface area contributed by atoms with Crippen LogP contribution in [-0.2, 0) is 0 Å². The van der Waals surface area contributed by atoms with E-state index >= 15 is 0 Å². The van der Waals surface area contributed by atoms with Crippen molar-refractivity contribution in [3.63, 3.8) is 0 Å². The van der Waals surface area contributed by atoms with E-state index in [1.165, 1.54) is 0 Å². The van der Waals surface area contributed by atoms with E-state index in [-0.39, 0.29) is 0 Å². The molecule has 0 aliphatic heterocycles. The molecule has 3 aromatic rings. The van der Waals surface area contributed by atoms with Crippen molar-refractivity contribution < 1.29 is 0 Å². The summed E-state index contributed by atoms with van der Waals surface area (Å²) < 4.78 is 1.03. The lowest BCUT2D eigenvalue weighted by atomic mass is 10.2. The van der Waals surface area contributed by atoms with Gasteiger partial charge in [-0.1, -0.05) is 12.1 Å². The number of hydrogen-bond acceptors (Lipinski definition) is 3. The molecular weight excluding hydrogens is 314 g/mol. The Morgan fingerprint density at radius 1 is 0.900 bits per heavy atom. The molecule has 20 heavy (non-hydrogen) atoms. The monoisotopic (exact) mass is 327 g/mol. The maximum Gasteiger partial charge on any atom is 0.161 e. The van der Waals surface area contributed by atoms with Crippen molar-refractivity contribution in [2.24, 2.45) is 0 Å². The number of anilines is 2. The van der Waals surface area contributed by atoms with Crippen LogP contribution in [0.15, 0.2) is 46.9 Å². The molecule has 4 heteroatoms. The molecule has 2 aromatic heterocycles. The van der Waals surface area contributed by atoms with Gasteiger partial charge in [-0.25, -0.2) is 9.97 Å². The molecule has 3 rings (SSSR count). The van der Waals surface area contributed by atoms with Crippen LogP contribution >= 0.6 is 15.9 Å². The maximum atomic E-state index is 4.50. The number of hydrogen-bond donors (Lipinski definition) is 1. The summed E-state index contributed by atoms with van der Waals surface area (Å²) >= 11 is 3.55. The zero-order valence-corrected chi connectivity index (χ0v) is 12.9. The summed E-state index contributed by atoms with van der Waals surface area (Å²) in [7, 11) is 0. The molecule has 0 aliphatic rings. The van der Waals surface area contributed by atoms with E-state index in [0.29, 0.717) is 0 Å². The molecule has 0 saturated heterocycles. The highest BCUT2D eigenvalue weighted by atomic mass is 79.9. The largest absolute Gasteiger partial charge is 0.354 e. The van der Waals surface area contributed by atoms with Gasteiger partial charge in [0, 0.05) is 21.2 Å². The lowest BCUT2D eigenvalue weighted by molar-refractivity contribution is 1.16. The quantitative estimate of drug-likeness (QED) is 0.737. The van der Waals surface area contributed by atoms with Crippen LogP contribution in [0.25, 0.3) is 11.0 Å². The summed E-state index contributed by atoms with van der Waals surface area (Å²) in [6, 6.07) is 14.2. The van der Waals surface area contributed by atoms with Crippen molar-refractivity contribution in [1.29, 1.82) is 0 Å². The summed E-state index contributed by atoms with van der Waals surface area (Å²) in [5.41, 5.74) is 4.75. The van der Waals surface area contributed by atoms with Gasteiger partial charge in [0.25, 0.3) is 0 Å². The van der Waals surface area contributed by atoms with E-state index in [0.717, 1.165) is 38.3 Å². The summed E-state index contributed by atoms with van der Waals surface area (Å²) in [6.45, 7) is 3.96. The molecule has 0 bridgehead atoms. The first-order valence-corrected chi connectivity index (χ1v) is 7.19. The second-order valence-corrected chi connectivity index (χ2v) is 5.59. The fraction of sp³-hybridized carbons (Fsp3) is 0.125. The molecule has 0 fully saturated rings. The molecule has 0 unspecified atom stereocenters. The summed E-state index contributed by atoms with van der Waals surface area (Å²) in [6.07, 6.45) is 0. The SMILES string of the molecule is Cc1ccc2c(Nc3ccccc3Br)cc(C)nc2n1. The van der Waals surface area contributed by atoms with Gasteiger partial charge in [0.2, 0.25) is 0 Å². The maximum absolute atomic E-state index is 4.50. The first-order valence-electron chi connectivity index (χ1n) is 6.40. The van der Waals surface area contributed by atoms with Crippen molar-refractivity contribution >= 4 is 38.3 Å². The summed E-state index contributed by atoms with van der Waals surface area (Å²) in [5.74, 6) is 0. The third-order valence-electron chi connectivity index (χ3n) is 3.08. The van der Waals surface area contributed by atoms with E-state index in [1.54, 1.807) is 0 Å². The minimum Gasteiger partial charge on any atom is -0.354 e. The Kier molecular flexibility index (Phi) is 3.40. The van der Waals surface area contributed by atoms with E-state index < -0.39 is 0 Å². The number of benzene rings is 1. The number of fused-ring (bicyclic) bond motifs is 1. The van der Waals surface area contributed by atoms with Gasteiger partial charge in [-0.15, -0.1) is 0 Å². The Labute approximate surface area is 126 Å².